The first-order valence-corrected chi connectivity index (χ1v) is 12.2. The molecule has 0 radical (unpaired) electrons. The number of hydrogen-bond acceptors (Lipinski definition) is 5. The summed E-state index contributed by atoms with van der Waals surface area (Å²) in [5.74, 6) is -1.82. The van der Waals surface area contributed by atoms with Crippen molar-refractivity contribution in [1.29, 1.82) is 0 Å². The molecule has 0 unspecified atom stereocenters. The molecule has 4 rings (SSSR count). The number of likely N-dealkylation sites (tertiary alicyclic amines) is 1. The molecule has 176 valence electrons. The number of ether oxygens (including phenoxy) is 1. The number of benzene rings is 2. The molecule has 2 aliphatic heterocycles. The van der Waals surface area contributed by atoms with Crippen LogP contribution >= 0.6 is 0 Å². The smallest absolute Gasteiger partial charge is 0.311 e. The zero-order valence-electron chi connectivity index (χ0n) is 18.3. The van der Waals surface area contributed by atoms with Crippen LogP contribution < -0.4 is 5.32 Å². The maximum Gasteiger partial charge on any atom is 0.311 e. The summed E-state index contributed by atoms with van der Waals surface area (Å²) in [5.41, 5.74) is 0.614. The largest absolute Gasteiger partial charge is 0.358 e. The highest BCUT2D eigenvalue weighted by atomic mass is 32.2. The Balaban J connectivity index is 1.38. The van der Waals surface area contributed by atoms with Crippen molar-refractivity contribution in [2.24, 2.45) is 0 Å². The summed E-state index contributed by atoms with van der Waals surface area (Å²) >= 11 is 0. The first-order valence-electron chi connectivity index (χ1n) is 10.8. The van der Waals surface area contributed by atoms with Crippen LogP contribution in [0.5, 0.6) is 0 Å². The molecule has 2 heterocycles. The van der Waals surface area contributed by atoms with E-state index in [0.29, 0.717) is 5.56 Å². The van der Waals surface area contributed by atoms with E-state index in [0.717, 1.165) is 5.56 Å². The molecule has 2 aromatic carbocycles. The first kappa shape index (κ1) is 23.3. The second-order valence-corrected chi connectivity index (χ2v) is 10.1. The maximum atomic E-state index is 13.3. The van der Waals surface area contributed by atoms with E-state index in [4.69, 9.17) is 4.74 Å². The Morgan fingerprint density at radius 3 is 2.30 bits per heavy atom. The van der Waals surface area contributed by atoms with Gasteiger partial charge in [0.05, 0.1) is 11.5 Å². The van der Waals surface area contributed by atoms with Gasteiger partial charge in [0.25, 0.3) is 0 Å². The van der Waals surface area contributed by atoms with E-state index in [1.54, 1.807) is 24.3 Å². The number of rotatable bonds is 4. The zero-order valence-corrected chi connectivity index (χ0v) is 19.1. The van der Waals surface area contributed by atoms with E-state index < -0.39 is 27.6 Å². The maximum absolute atomic E-state index is 13.3. The molecule has 2 amide bonds. The molecule has 2 aromatic rings. The number of nitrogens with one attached hydrogen (secondary N) is 1. The van der Waals surface area contributed by atoms with E-state index >= 15 is 0 Å². The lowest BCUT2D eigenvalue weighted by Gasteiger charge is -2.42. The van der Waals surface area contributed by atoms with Crippen LogP contribution in [-0.4, -0.2) is 61.4 Å². The molecule has 2 fully saturated rings. The summed E-state index contributed by atoms with van der Waals surface area (Å²) in [6, 6.07) is 12.3. The summed E-state index contributed by atoms with van der Waals surface area (Å²) in [5, 5.41) is 2.55. The van der Waals surface area contributed by atoms with Crippen LogP contribution in [0.15, 0.2) is 53.4 Å². The Morgan fingerprint density at radius 2 is 1.67 bits per heavy atom. The molecule has 10 heteroatoms. The quantitative estimate of drug-likeness (QED) is 0.681. The Labute approximate surface area is 192 Å². The minimum absolute atomic E-state index is 0.105. The fourth-order valence-electron chi connectivity index (χ4n) is 4.23. The van der Waals surface area contributed by atoms with E-state index in [1.807, 2.05) is 6.92 Å². The Morgan fingerprint density at radius 1 is 1.03 bits per heavy atom. The lowest BCUT2D eigenvalue weighted by Crippen LogP contribution is -2.57. The van der Waals surface area contributed by atoms with Gasteiger partial charge in [-0.15, -0.1) is 0 Å². The Hall–Kier alpha value is -2.82. The normalized spacial score (nSPS) is 18.4. The molecule has 1 spiro atoms. The van der Waals surface area contributed by atoms with Crippen LogP contribution in [0.1, 0.15) is 24.0 Å². The number of amides is 2. The molecule has 0 aromatic heterocycles. The first-order chi connectivity index (χ1) is 15.7. The monoisotopic (exact) mass is 475 g/mol. The molecule has 2 aliphatic rings. The van der Waals surface area contributed by atoms with Gasteiger partial charge in [0.1, 0.15) is 11.5 Å². The SMILES string of the molecule is Cc1ccc(S(=O)(=O)N2CCOC23CCN(C(=O)C(=O)NCc2ccc(F)cc2)CC3)cc1. The molecule has 0 atom stereocenters. The van der Waals surface area contributed by atoms with Crippen molar-refractivity contribution >= 4 is 21.8 Å². The molecule has 2 saturated heterocycles. The van der Waals surface area contributed by atoms with Crippen molar-refractivity contribution in [3.05, 3.63) is 65.5 Å². The van der Waals surface area contributed by atoms with Crippen molar-refractivity contribution in [2.75, 3.05) is 26.2 Å². The van der Waals surface area contributed by atoms with E-state index in [-0.39, 0.29) is 56.3 Å². The topological polar surface area (TPSA) is 96.0 Å². The lowest BCUT2D eigenvalue weighted by molar-refractivity contribution is -0.151. The highest BCUT2D eigenvalue weighted by Crippen LogP contribution is 2.38. The van der Waals surface area contributed by atoms with Gasteiger partial charge in [-0.2, -0.15) is 4.31 Å². The van der Waals surface area contributed by atoms with Gasteiger partial charge >= 0.3 is 11.8 Å². The molecule has 8 nitrogen and oxygen atoms in total. The minimum atomic E-state index is -3.76. The number of aryl methyl sites for hydroxylation is 1. The fraction of sp³-hybridized carbons (Fsp3) is 0.391. The van der Waals surface area contributed by atoms with Crippen molar-refractivity contribution in [2.45, 2.75) is 36.9 Å². The van der Waals surface area contributed by atoms with Gasteiger partial charge < -0.3 is 15.0 Å². The predicted molar refractivity (Wildman–Crippen MR) is 118 cm³/mol. The van der Waals surface area contributed by atoms with E-state index in [9.17, 15) is 22.4 Å². The number of sulfonamides is 1. The van der Waals surface area contributed by atoms with Crippen molar-refractivity contribution < 1.29 is 27.1 Å². The van der Waals surface area contributed by atoms with Crippen LogP contribution in [-0.2, 0) is 30.9 Å². The molecule has 0 bridgehead atoms. The molecule has 1 N–H and O–H groups in total. The summed E-state index contributed by atoms with van der Waals surface area (Å²) in [7, 11) is -3.76. The highest BCUT2D eigenvalue weighted by molar-refractivity contribution is 7.89. The Kier molecular flexibility index (Phi) is 6.51. The van der Waals surface area contributed by atoms with Gasteiger partial charge in [0.15, 0.2) is 0 Å². The van der Waals surface area contributed by atoms with Crippen LogP contribution in [0.3, 0.4) is 0 Å². The molecular weight excluding hydrogens is 449 g/mol. The third kappa shape index (κ3) is 4.78. The fourth-order valence-corrected chi connectivity index (χ4v) is 5.95. The number of nitrogens with zero attached hydrogens (tertiary/aromatic N) is 2. The van der Waals surface area contributed by atoms with Crippen LogP contribution in [0.2, 0.25) is 0 Å². The summed E-state index contributed by atoms with van der Waals surface area (Å²) in [6.45, 7) is 2.90. The molecule has 0 aliphatic carbocycles. The van der Waals surface area contributed by atoms with Crippen LogP contribution in [0.4, 0.5) is 4.39 Å². The average Bonchev–Trinajstić information content (AvgIpc) is 3.22. The number of hydrogen-bond donors (Lipinski definition) is 1. The predicted octanol–water partition coefficient (Wildman–Crippen LogP) is 1.79. The minimum Gasteiger partial charge on any atom is -0.358 e. The number of carbonyl (C=O) groups excluding carboxylic acids is 2. The molecular formula is C23H26FN3O5S. The summed E-state index contributed by atoms with van der Waals surface area (Å²) < 4.78 is 46.8. The number of halogens is 1. The van der Waals surface area contributed by atoms with Crippen molar-refractivity contribution in [3.8, 4) is 0 Å². The van der Waals surface area contributed by atoms with E-state index in [1.165, 1.54) is 33.5 Å². The van der Waals surface area contributed by atoms with Gasteiger partial charge in [-0.1, -0.05) is 29.8 Å². The second-order valence-electron chi connectivity index (χ2n) is 8.29. The van der Waals surface area contributed by atoms with Crippen LogP contribution in [0, 0.1) is 12.7 Å². The second kappa shape index (κ2) is 9.20. The average molecular weight is 476 g/mol. The third-order valence-electron chi connectivity index (χ3n) is 6.12. The highest BCUT2D eigenvalue weighted by Gasteiger charge is 2.51. The number of piperidine rings is 1. The van der Waals surface area contributed by atoms with Gasteiger partial charge in [-0.25, -0.2) is 12.8 Å². The van der Waals surface area contributed by atoms with Gasteiger partial charge in [0, 0.05) is 39.0 Å². The zero-order chi connectivity index (χ0) is 23.6. The van der Waals surface area contributed by atoms with Gasteiger partial charge in [-0.3, -0.25) is 9.59 Å². The van der Waals surface area contributed by atoms with E-state index in [2.05, 4.69) is 5.32 Å². The molecule has 0 saturated carbocycles. The third-order valence-corrected chi connectivity index (χ3v) is 8.08. The standard InChI is InChI=1S/C23H26FN3O5S/c1-17-2-8-20(9-3-17)33(30,31)27-14-15-32-23(27)10-12-26(13-11-23)22(29)21(28)25-16-18-4-6-19(24)7-5-18/h2-9H,10-16H2,1H3,(H,25,28). The van der Waals surface area contributed by atoms with Crippen molar-refractivity contribution in [3.63, 3.8) is 0 Å². The Bertz CT molecular complexity index is 1130. The van der Waals surface area contributed by atoms with Crippen molar-refractivity contribution in [1.82, 2.24) is 14.5 Å². The summed E-state index contributed by atoms with van der Waals surface area (Å²) in [6.07, 6.45) is 0.546. The summed E-state index contributed by atoms with van der Waals surface area (Å²) in [4.78, 5) is 26.5. The van der Waals surface area contributed by atoms with Crippen LogP contribution in [0.25, 0.3) is 0 Å². The van der Waals surface area contributed by atoms with Gasteiger partial charge in [-0.05, 0) is 36.8 Å². The van der Waals surface area contributed by atoms with Gasteiger partial charge in [0.2, 0.25) is 10.0 Å². The number of carbonyl (C=O) groups is 2. The lowest BCUT2D eigenvalue weighted by atomic mass is 10.0. The molecule has 33 heavy (non-hydrogen) atoms.